The zero-order valence-corrected chi connectivity index (χ0v) is 17.5. The summed E-state index contributed by atoms with van der Waals surface area (Å²) >= 11 is 0. The summed E-state index contributed by atoms with van der Waals surface area (Å²) in [4.78, 5) is 51.7. The molecule has 0 aliphatic heterocycles. The first-order chi connectivity index (χ1) is 14.2. The van der Waals surface area contributed by atoms with Crippen LogP contribution in [-0.4, -0.2) is 54.0 Å². The van der Waals surface area contributed by atoms with E-state index in [0.717, 1.165) is 0 Å². The summed E-state index contributed by atoms with van der Waals surface area (Å²) in [5.74, 6) is -0.928. The lowest BCUT2D eigenvalue weighted by Crippen LogP contribution is -2.46. The van der Waals surface area contributed by atoms with E-state index in [0.29, 0.717) is 22.4 Å². The maximum Gasteiger partial charge on any atom is 0.241 e. The van der Waals surface area contributed by atoms with Gasteiger partial charge in [0.1, 0.15) is 0 Å². The summed E-state index contributed by atoms with van der Waals surface area (Å²) < 4.78 is 0. The third-order valence-electron chi connectivity index (χ3n) is 5.08. The van der Waals surface area contributed by atoms with Gasteiger partial charge in [0.15, 0.2) is 11.6 Å². The SMILES string of the molecule is CC(C)NC(=O)CN(C)[C@H](C)C(=O)Nc1ccc2c(c1)C(=O)c1ccccc1C2=O. The molecule has 2 aromatic carbocycles. The molecule has 0 unspecified atom stereocenters. The molecule has 7 heteroatoms. The second kappa shape index (κ2) is 8.59. The zero-order valence-electron chi connectivity index (χ0n) is 17.5. The lowest BCUT2D eigenvalue weighted by atomic mass is 9.84. The molecule has 1 atom stereocenters. The highest BCUT2D eigenvalue weighted by molar-refractivity contribution is 6.28. The van der Waals surface area contributed by atoms with Gasteiger partial charge in [-0.1, -0.05) is 24.3 Å². The lowest BCUT2D eigenvalue weighted by molar-refractivity contribution is -0.125. The van der Waals surface area contributed by atoms with Crippen molar-refractivity contribution in [2.24, 2.45) is 0 Å². The van der Waals surface area contributed by atoms with E-state index in [9.17, 15) is 19.2 Å². The quantitative estimate of drug-likeness (QED) is 0.653. The van der Waals surface area contributed by atoms with Crippen LogP contribution < -0.4 is 10.6 Å². The topological polar surface area (TPSA) is 95.6 Å². The van der Waals surface area contributed by atoms with Gasteiger partial charge < -0.3 is 10.6 Å². The van der Waals surface area contributed by atoms with Gasteiger partial charge in [-0.3, -0.25) is 24.1 Å². The second-order valence-corrected chi connectivity index (χ2v) is 7.77. The second-order valence-electron chi connectivity index (χ2n) is 7.77. The minimum atomic E-state index is -0.572. The summed E-state index contributed by atoms with van der Waals surface area (Å²) in [5, 5.41) is 5.56. The number of carbonyl (C=O) groups excluding carboxylic acids is 4. The summed E-state index contributed by atoms with van der Waals surface area (Å²) in [6.07, 6.45) is 0. The fourth-order valence-electron chi connectivity index (χ4n) is 3.36. The molecular weight excluding hydrogens is 382 g/mol. The number of amides is 2. The van der Waals surface area contributed by atoms with Gasteiger partial charge in [-0.05, 0) is 46.0 Å². The Balaban J connectivity index is 1.74. The lowest BCUT2D eigenvalue weighted by Gasteiger charge is -2.24. The Morgan fingerprint density at radius 3 is 2.07 bits per heavy atom. The predicted octanol–water partition coefficient (Wildman–Crippen LogP) is 2.25. The van der Waals surface area contributed by atoms with Crippen LogP contribution in [-0.2, 0) is 9.59 Å². The number of hydrogen-bond acceptors (Lipinski definition) is 5. The predicted molar refractivity (Wildman–Crippen MR) is 114 cm³/mol. The number of nitrogens with zero attached hydrogens (tertiary/aromatic N) is 1. The molecule has 0 fully saturated rings. The maximum absolute atomic E-state index is 12.8. The van der Waals surface area contributed by atoms with E-state index >= 15 is 0 Å². The zero-order chi connectivity index (χ0) is 22.0. The number of ketones is 2. The molecule has 0 saturated heterocycles. The number of hydrogen-bond donors (Lipinski definition) is 2. The van der Waals surface area contributed by atoms with Gasteiger partial charge in [0, 0.05) is 34.0 Å². The van der Waals surface area contributed by atoms with Crippen LogP contribution in [0.25, 0.3) is 0 Å². The Kier molecular flexibility index (Phi) is 6.12. The third kappa shape index (κ3) is 4.31. The largest absolute Gasteiger partial charge is 0.353 e. The minimum Gasteiger partial charge on any atom is -0.353 e. The highest BCUT2D eigenvalue weighted by atomic mass is 16.2. The van der Waals surface area contributed by atoms with Crippen molar-refractivity contribution in [3.05, 3.63) is 64.7 Å². The first-order valence-electron chi connectivity index (χ1n) is 9.82. The summed E-state index contributed by atoms with van der Waals surface area (Å²) in [7, 11) is 1.69. The van der Waals surface area contributed by atoms with Gasteiger partial charge in [-0.25, -0.2) is 0 Å². The number of carbonyl (C=O) groups is 4. The Bertz CT molecular complexity index is 1030. The van der Waals surface area contributed by atoms with Crippen LogP contribution in [0.4, 0.5) is 5.69 Å². The van der Waals surface area contributed by atoms with E-state index < -0.39 is 6.04 Å². The van der Waals surface area contributed by atoms with Crippen molar-refractivity contribution >= 4 is 29.1 Å². The summed E-state index contributed by atoms with van der Waals surface area (Å²) in [5.41, 5.74) is 1.77. The number of nitrogens with one attached hydrogen (secondary N) is 2. The average molecular weight is 407 g/mol. The Labute approximate surface area is 175 Å². The molecule has 1 aliphatic rings. The van der Waals surface area contributed by atoms with Crippen molar-refractivity contribution in [3.63, 3.8) is 0 Å². The molecule has 0 bridgehead atoms. The van der Waals surface area contributed by atoms with E-state index in [4.69, 9.17) is 0 Å². The van der Waals surface area contributed by atoms with Gasteiger partial charge in [0.2, 0.25) is 11.8 Å². The van der Waals surface area contributed by atoms with Crippen LogP contribution >= 0.6 is 0 Å². The smallest absolute Gasteiger partial charge is 0.241 e. The van der Waals surface area contributed by atoms with Crippen LogP contribution in [0, 0.1) is 0 Å². The van der Waals surface area contributed by atoms with E-state index in [2.05, 4.69) is 10.6 Å². The molecule has 1 aliphatic carbocycles. The molecule has 0 spiro atoms. The first-order valence-corrected chi connectivity index (χ1v) is 9.82. The fraction of sp³-hybridized carbons (Fsp3) is 0.304. The van der Waals surface area contributed by atoms with Crippen LogP contribution in [0.3, 0.4) is 0 Å². The van der Waals surface area contributed by atoms with Crippen LogP contribution in [0.15, 0.2) is 42.5 Å². The third-order valence-corrected chi connectivity index (χ3v) is 5.08. The van der Waals surface area contributed by atoms with Crippen molar-refractivity contribution in [1.82, 2.24) is 10.2 Å². The summed E-state index contributed by atoms with van der Waals surface area (Å²) in [6.45, 7) is 5.52. The first kappa shape index (κ1) is 21.4. The number of likely N-dealkylation sites (N-methyl/N-ethyl adjacent to an activating group) is 1. The Morgan fingerprint density at radius 2 is 1.47 bits per heavy atom. The minimum absolute atomic E-state index is 0.0240. The number of anilines is 1. The molecule has 0 heterocycles. The maximum atomic E-state index is 12.8. The van der Waals surface area contributed by atoms with Crippen molar-refractivity contribution < 1.29 is 19.2 Å². The molecule has 3 rings (SSSR count). The van der Waals surface area contributed by atoms with E-state index in [1.165, 1.54) is 6.07 Å². The molecule has 0 saturated carbocycles. The van der Waals surface area contributed by atoms with Gasteiger partial charge in [0.05, 0.1) is 12.6 Å². The van der Waals surface area contributed by atoms with Crippen molar-refractivity contribution in [2.75, 3.05) is 18.9 Å². The van der Waals surface area contributed by atoms with Crippen LogP contribution in [0.2, 0.25) is 0 Å². The van der Waals surface area contributed by atoms with E-state index in [-0.39, 0.29) is 41.5 Å². The van der Waals surface area contributed by atoms with Gasteiger partial charge in [-0.15, -0.1) is 0 Å². The van der Waals surface area contributed by atoms with Gasteiger partial charge >= 0.3 is 0 Å². The molecule has 0 aromatic heterocycles. The normalized spacial score (nSPS) is 13.7. The van der Waals surface area contributed by atoms with Crippen molar-refractivity contribution in [2.45, 2.75) is 32.9 Å². The molecule has 156 valence electrons. The Morgan fingerprint density at radius 1 is 0.900 bits per heavy atom. The monoisotopic (exact) mass is 407 g/mol. The van der Waals surface area contributed by atoms with Gasteiger partial charge in [-0.2, -0.15) is 0 Å². The number of rotatable bonds is 6. The van der Waals surface area contributed by atoms with Crippen LogP contribution in [0.5, 0.6) is 0 Å². The molecule has 2 N–H and O–H groups in total. The molecule has 2 amide bonds. The Hall–Kier alpha value is -3.32. The number of benzene rings is 2. The standard InChI is InChI=1S/C23H25N3O4/c1-13(2)24-20(27)12-26(4)14(3)23(30)25-15-9-10-18-19(11-15)22(29)17-8-6-5-7-16(17)21(18)28/h5-11,13-14H,12H2,1-4H3,(H,24,27)(H,25,30)/t14-/m1/s1. The molecular formula is C23H25N3O4. The van der Waals surface area contributed by atoms with Crippen molar-refractivity contribution in [3.8, 4) is 0 Å². The number of fused-ring (bicyclic) bond motifs is 2. The summed E-state index contributed by atoms with van der Waals surface area (Å²) in [6, 6.07) is 10.9. The average Bonchev–Trinajstić information content (AvgIpc) is 2.70. The fourth-order valence-corrected chi connectivity index (χ4v) is 3.36. The molecule has 2 aromatic rings. The molecule has 0 radical (unpaired) electrons. The highest BCUT2D eigenvalue weighted by Gasteiger charge is 2.29. The van der Waals surface area contributed by atoms with Crippen LogP contribution in [0.1, 0.15) is 52.6 Å². The molecule has 30 heavy (non-hydrogen) atoms. The van der Waals surface area contributed by atoms with E-state index in [1.807, 2.05) is 13.8 Å². The van der Waals surface area contributed by atoms with Crippen molar-refractivity contribution in [1.29, 1.82) is 0 Å². The highest BCUT2D eigenvalue weighted by Crippen LogP contribution is 2.29. The van der Waals surface area contributed by atoms with E-state index in [1.54, 1.807) is 55.3 Å². The van der Waals surface area contributed by atoms with Gasteiger partial charge in [0.25, 0.3) is 0 Å². The molecule has 7 nitrogen and oxygen atoms in total.